The first-order valence-corrected chi connectivity index (χ1v) is 7.00. The summed E-state index contributed by atoms with van der Waals surface area (Å²) in [5.74, 6) is -0.789. The van der Waals surface area contributed by atoms with Gasteiger partial charge in [0.2, 0.25) is 5.91 Å². The van der Waals surface area contributed by atoms with E-state index in [0.29, 0.717) is 6.54 Å². The minimum absolute atomic E-state index is 0.00160. The zero-order valence-electron chi connectivity index (χ0n) is 11.3. The van der Waals surface area contributed by atoms with Crippen molar-refractivity contribution in [3.8, 4) is 0 Å². The Labute approximate surface area is 129 Å². The third kappa shape index (κ3) is 3.78. The van der Waals surface area contributed by atoms with Crippen molar-refractivity contribution in [1.82, 2.24) is 4.90 Å². The van der Waals surface area contributed by atoms with E-state index in [1.54, 1.807) is 36.6 Å². The molecule has 8 heteroatoms. The number of amides is 1. The summed E-state index contributed by atoms with van der Waals surface area (Å²) >= 11 is 1.68. The molecule has 1 amide bonds. The Morgan fingerprint density at radius 3 is 2.70 bits per heavy atom. The fraction of sp³-hybridized carbons (Fsp3) is 0.417. The van der Waals surface area contributed by atoms with Crippen LogP contribution in [-0.2, 0) is 4.79 Å². The van der Waals surface area contributed by atoms with Gasteiger partial charge in [0.15, 0.2) is 0 Å². The molecule has 1 atom stereocenters. The number of nitrogens with zero attached hydrogens (tertiary/aromatic N) is 2. The lowest BCUT2D eigenvalue weighted by Gasteiger charge is -2.21. The predicted octanol–water partition coefficient (Wildman–Crippen LogP) is 2.62. The van der Waals surface area contributed by atoms with E-state index in [2.05, 4.69) is 5.32 Å². The maximum absolute atomic E-state index is 13.5. The third-order valence-electron chi connectivity index (χ3n) is 2.83. The minimum Gasteiger partial charge on any atom is -0.368 e. The van der Waals surface area contributed by atoms with Crippen LogP contribution in [0.3, 0.4) is 0 Å². The zero-order chi connectivity index (χ0) is 15.4. The third-order valence-corrected chi connectivity index (χ3v) is 3.65. The Kier molecular flexibility index (Phi) is 5.66. The number of carbonyl (C=O) groups excluding carboxylic acids is 1. The van der Waals surface area contributed by atoms with Gasteiger partial charge in [-0.15, -0.1) is 0 Å². The number of carbonyl (C=O) groups is 1. The van der Waals surface area contributed by atoms with E-state index in [9.17, 15) is 19.3 Å². The van der Waals surface area contributed by atoms with Crippen molar-refractivity contribution in [3.63, 3.8) is 0 Å². The molecule has 1 aromatic carbocycles. The van der Waals surface area contributed by atoms with Crippen LogP contribution in [0.5, 0.6) is 0 Å². The maximum Gasteiger partial charge on any atom is 0.293 e. The molecule has 0 heterocycles. The summed E-state index contributed by atoms with van der Waals surface area (Å²) in [4.78, 5) is 23.8. The van der Waals surface area contributed by atoms with Gasteiger partial charge in [0.05, 0.1) is 8.49 Å². The summed E-state index contributed by atoms with van der Waals surface area (Å²) in [5.41, 5.74) is -0.257. The fourth-order valence-corrected chi connectivity index (χ4v) is 2.04. The van der Waals surface area contributed by atoms with Gasteiger partial charge in [-0.25, -0.2) is 4.39 Å². The molecular formula is C12H15FIN3O3. The average molecular weight is 395 g/mol. The van der Waals surface area contributed by atoms with E-state index in [0.717, 1.165) is 12.1 Å². The molecule has 0 spiro atoms. The van der Waals surface area contributed by atoms with Gasteiger partial charge in [0, 0.05) is 25.7 Å². The summed E-state index contributed by atoms with van der Waals surface area (Å²) in [5, 5.41) is 13.7. The molecular weight excluding hydrogens is 380 g/mol. The molecule has 1 N–H and O–H groups in total. The number of anilines is 1. The molecule has 0 aliphatic carbocycles. The lowest BCUT2D eigenvalue weighted by atomic mass is 10.2. The van der Waals surface area contributed by atoms with Gasteiger partial charge in [-0.05, 0) is 36.4 Å². The highest BCUT2D eigenvalue weighted by atomic mass is 127. The molecule has 0 fully saturated rings. The van der Waals surface area contributed by atoms with E-state index < -0.39 is 16.8 Å². The van der Waals surface area contributed by atoms with Gasteiger partial charge in [-0.1, -0.05) is 0 Å². The van der Waals surface area contributed by atoms with Crippen LogP contribution in [0.2, 0.25) is 0 Å². The monoisotopic (exact) mass is 395 g/mol. The van der Waals surface area contributed by atoms with Gasteiger partial charge in [-0.3, -0.25) is 14.9 Å². The molecule has 0 radical (unpaired) electrons. The summed E-state index contributed by atoms with van der Waals surface area (Å²) in [6, 6.07) is 1.49. The first-order valence-electron chi connectivity index (χ1n) is 5.92. The molecule has 0 aliphatic heterocycles. The van der Waals surface area contributed by atoms with Gasteiger partial charge in [-0.2, -0.15) is 0 Å². The number of likely N-dealkylation sites (N-methyl/N-ethyl adjacent to an activating group) is 1. The van der Waals surface area contributed by atoms with Crippen molar-refractivity contribution in [2.45, 2.75) is 19.9 Å². The van der Waals surface area contributed by atoms with Crippen LogP contribution in [0.15, 0.2) is 12.1 Å². The van der Waals surface area contributed by atoms with Crippen LogP contribution >= 0.6 is 22.6 Å². The summed E-state index contributed by atoms with van der Waals surface area (Å²) in [7, 11) is 1.63. The molecule has 1 aromatic rings. The molecule has 1 unspecified atom stereocenters. The number of nitro groups is 1. The Bertz CT molecular complexity index is 539. The molecule has 0 aromatic heterocycles. The number of nitro benzene ring substituents is 1. The summed E-state index contributed by atoms with van der Waals surface area (Å²) < 4.78 is 13.7. The van der Waals surface area contributed by atoms with Gasteiger partial charge in [0.25, 0.3) is 5.69 Å². The highest BCUT2D eigenvalue weighted by molar-refractivity contribution is 14.1. The fourth-order valence-electron chi connectivity index (χ4n) is 1.58. The van der Waals surface area contributed by atoms with Crippen molar-refractivity contribution in [3.05, 3.63) is 31.6 Å². The average Bonchev–Trinajstić information content (AvgIpc) is 2.40. The Hall–Kier alpha value is -1.45. The lowest BCUT2D eigenvalue weighted by Crippen LogP contribution is -2.38. The molecule has 0 bridgehead atoms. The zero-order valence-corrected chi connectivity index (χ0v) is 13.5. The van der Waals surface area contributed by atoms with E-state index in [4.69, 9.17) is 0 Å². The quantitative estimate of drug-likeness (QED) is 0.473. The number of hydrogen-bond donors (Lipinski definition) is 1. The number of halogens is 2. The van der Waals surface area contributed by atoms with Crippen molar-refractivity contribution in [2.24, 2.45) is 0 Å². The second kappa shape index (κ2) is 6.82. The second-order valence-electron chi connectivity index (χ2n) is 4.26. The van der Waals surface area contributed by atoms with E-state index in [1.165, 1.54) is 4.90 Å². The van der Waals surface area contributed by atoms with Crippen LogP contribution in [0.1, 0.15) is 13.8 Å². The Balaban J connectivity index is 3.05. The van der Waals surface area contributed by atoms with Crippen LogP contribution < -0.4 is 5.32 Å². The number of benzene rings is 1. The molecule has 0 aliphatic rings. The Morgan fingerprint density at radius 1 is 1.60 bits per heavy atom. The van der Waals surface area contributed by atoms with Crippen LogP contribution in [-0.4, -0.2) is 35.4 Å². The van der Waals surface area contributed by atoms with E-state index in [1.807, 2.05) is 6.92 Å². The molecule has 6 nitrogen and oxygen atoms in total. The van der Waals surface area contributed by atoms with Crippen LogP contribution in [0, 0.1) is 19.5 Å². The topological polar surface area (TPSA) is 75.5 Å². The van der Waals surface area contributed by atoms with Gasteiger partial charge >= 0.3 is 0 Å². The standard InChI is InChI=1S/C12H15FIN3O3/c1-4-16(3)12(18)7(2)15-10-5-8(13)9(14)6-11(10)17(19)20/h5-7,15H,4H2,1-3H3. The normalized spacial score (nSPS) is 11.8. The molecule has 110 valence electrons. The minimum atomic E-state index is -0.682. The highest BCUT2D eigenvalue weighted by Crippen LogP contribution is 2.29. The van der Waals surface area contributed by atoms with Gasteiger partial charge in [0.1, 0.15) is 17.5 Å². The lowest BCUT2D eigenvalue weighted by molar-refractivity contribution is -0.384. The summed E-state index contributed by atoms with van der Waals surface area (Å²) in [6.45, 7) is 3.92. The van der Waals surface area contributed by atoms with Gasteiger partial charge < -0.3 is 10.2 Å². The predicted molar refractivity (Wildman–Crippen MR) is 82.2 cm³/mol. The molecule has 1 rings (SSSR count). The second-order valence-corrected chi connectivity index (χ2v) is 5.42. The van der Waals surface area contributed by atoms with Crippen LogP contribution in [0.25, 0.3) is 0 Å². The largest absolute Gasteiger partial charge is 0.368 e. The highest BCUT2D eigenvalue weighted by Gasteiger charge is 2.22. The molecule has 0 saturated carbocycles. The number of hydrogen-bond acceptors (Lipinski definition) is 4. The summed E-state index contributed by atoms with van der Waals surface area (Å²) in [6.07, 6.45) is 0. The van der Waals surface area contributed by atoms with Crippen molar-refractivity contribution in [1.29, 1.82) is 0 Å². The maximum atomic E-state index is 13.5. The van der Waals surface area contributed by atoms with E-state index >= 15 is 0 Å². The number of rotatable bonds is 5. The van der Waals surface area contributed by atoms with Crippen molar-refractivity contribution < 1.29 is 14.1 Å². The number of nitrogens with one attached hydrogen (secondary N) is 1. The van der Waals surface area contributed by atoms with Crippen LogP contribution in [0.4, 0.5) is 15.8 Å². The SMILES string of the molecule is CCN(C)C(=O)C(C)Nc1cc(F)c(I)cc1[N+](=O)[O-]. The molecule has 20 heavy (non-hydrogen) atoms. The van der Waals surface area contributed by atoms with E-state index in [-0.39, 0.29) is 20.9 Å². The first kappa shape index (κ1) is 16.6. The molecule has 0 saturated heterocycles. The Morgan fingerprint density at radius 2 is 2.20 bits per heavy atom. The van der Waals surface area contributed by atoms with Crippen molar-refractivity contribution >= 4 is 39.9 Å². The van der Waals surface area contributed by atoms with Crippen molar-refractivity contribution in [2.75, 3.05) is 18.9 Å². The first-order chi connectivity index (χ1) is 9.27. The smallest absolute Gasteiger partial charge is 0.293 e.